The van der Waals surface area contributed by atoms with Crippen LogP contribution in [0.2, 0.25) is 5.02 Å². The molecule has 2 rings (SSSR count). The maximum absolute atomic E-state index is 10.6. The van der Waals surface area contributed by atoms with Crippen molar-refractivity contribution in [1.29, 1.82) is 0 Å². The minimum absolute atomic E-state index is 0.111. The third kappa shape index (κ3) is 4.32. The summed E-state index contributed by atoms with van der Waals surface area (Å²) in [6.07, 6.45) is 3.89. The molecule has 106 valence electrons. The van der Waals surface area contributed by atoms with Crippen molar-refractivity contribution in [3.05, 3.63) is 39.0 Å². The molecule has 2 heterocycles. The standard InChI is InChI=1S/C11H11ClN4O2S2/c12-9-6-8(16(17)18)7-15-10(9)13-2-1-4-19-11-14-3-5-20-11/h3,5-7H,1-2,4H2,(H,13,15). The van der Waals surface area contributed by atoms with Crippen LogP contribution >= 0.6 is 34.7 Å². The summed E-state index contributed by atoms with van der Waals surface area (Å²) in [4.78, 5) is 18.2. The van der Waals surface area contributed by atoms with Crippen LogP contribution in [0.4, 0.5) is 11.5 Å². The van der Waals surface area contributed by atoms with Crippen LogP contribution in [-0.2, 0) is 0 Å². The number of thioether (sulfide) groups is 1. The van der Waals surface area contributed by atoms with Crippen molar-refractivity contribution < 1.29 is 4.92 Å². The molecule has 0 aliphatic heterocycles. The van der Waals surface area contributed by atoms with E-state index in [1.165, 1.54) is 12.3 Å². The molecule has 0 fully saturated rings. The Morgan fingerprint density at radius 1 is 1.50 bits per heavy atom. The maximum atomic E-state index is 10.6. The summed E-state index contributed by atoms with van der Waals surface area (Å²) in [5.41, 5.74) is -0.111. The van der Waals surface area contributed by atoms with Crippen molar-refractivity contribution >= 4 is 46.2 Å². The monoisotopic (exact) mass is 330 g/mol. The lowest BCUT2D eigenvalue weighted by Crippen LogP contribution is -2.05. The first-order chi connectivity index (χ1) is 9.66. The zero-order valence-corrected chi connectivity index (χ0v) is 12.7. The molecule has 2 aromatic rings. The summed E-state index contributed by atoms with van der Waals surface area (Å²) < 4.78 is 1.05. The minimum atomic E-state index is -0.521. The Labute approximate surface area is 128 Å². The van der Waals surface area contributed by atoms with Gasteiger partial charge in [0.25, 0.3) is 5.69 Å². The lowest BCUT2D eigenvalue weighted by Gasteiger charge is -2.06. The van der Waals surface area contributed by atoms with E-state index in [1.807, 2.05) is 5.38 Å². The van der Waals surface area contributed by atoms with E-state index >= 15 is 0 Å². The number of aromatic nitrogens is 2. The van der Waals surface area contributed by atoms with Crippen LogP contribution < -0.4 is 5.32 Å². The van der Waals surface area contributed by atoms with Gasteiger partial charge in [-0.05, 0) is 6.42 Å². The molecule has 6 nitrogen and oxygen atoms in total. The van der Waals surface area contributed by atoms with E-state index < -0.39 is 4.92 Å². The van der Waals surface area contributed by atoms with Gasteiger partial charge in [-0.15, -0.1) is 11.3 Å². The average molecular weight is 331 g/mol. The molecule has 0 unspecified atom stereocenters. The summed E-state index contributed by atoms with van der Waals surface area (Å²) in [6.45, 7) is 0.697. The first kappa shape index (κ1) is 15.0. The number of hydrogen-bond acceptors (Lipinski definition) is 7. The third-order valence-electron chi connectivity index (χ3n) is 2.29. The second-order valence-corrected chi connectivity index (χ2v) is 6.35. The normalized spacial score (nSPS) is 10.4. The molecule has 0 spiro atoms. The Bertz CT molecular complexity index is 580. The predicted octanol–water partition coefficient (Wildman–Crippen LogP) is 3.69. The quantitative estimate of drug-likeness (QED) is 0.361. The van der Waals surface area contributed by atoms with Crippen LogP contribution in [0, 0.1) is 10.1 Å². The van der Waals surface area contributed by atoms with E-state index in [-0.39, 0.29) is 10.7 Å². The van der Waals surface area contributed by atoms with Crippen LogP contribution in [0.1, 0.15) is 6.42 Å². The molecule has 9 heteroatoms. The molecule has 0 radical (unpaired) electrons. The van der Waals surface area contributed by atoms with Crippen LogP contribution in [0.15, 0.2) is 28.2 Å². The number of nitrogens with zero attached hydrogens (tertiary/aromatic N) is 3. The van der Waals surface area contributed by atoms with Crippen molar-refractivity contribution in [2.24, 2.45) is 0 Å². The molecule has 0 saturated heterocycles. The number of halogens is 1. The van der Waals surface area contributed by atoms with Gasteiger partial charge in [0.05, 0.1) is 9.95 Å². The smallest absolute Gasteiger partial charge is 0.289 e. The Kier molecular flexibility index (Phi) is 5.57. The lowest BCUT2D eigenvalue weighted by molar-refractivity contribution is -0.385. The summed E-state index contributed by atoms with van der Waals surface area (Å²) >= 11 is 9.24. The number of pyridine rings is 1. The summed E-state index contributed by atoms with van der Waals surface area (Å²) in [5, 5.41) is 15.8. The van der Waals surface area contributed by atoms with Crippen molar-refractivity contribution in [1.82, 2.24) is 9.97 Å². The van der Waals surface area contributed by atoms with Gasteiger partial charge in [0.15, 0.2) is 0 Å². The first-order valence-corrected chi connectivity index (χ1v) is 7.97. The molecule has 0 bridgehead atoms. The second-order valence-electron chi connectivity index (χ2n) is 3.71. The zero-order chi connectivity index (χ0) is 14.4. The van der Waals surface area contributed by atoms with Gasteiger partial charge >= 0.3 is 0 Å². The lowest BCUT2D eigenvalue weighted by atomic mass is 10.4. The van der Waals surface area contributed by atoms with Crippen molar-refractivity contribution in [2.75, 3.05) is 17.6 Å². The molecule has 0 saturated carbocycles. The molecular formula is C11H11ClN4O2S2. The van der Waals surface area contributed by atoms with E-state index in [4.69, 9.17) is 11.6 Å². The van der Waals surface area contributed by atoms with E-state index in [0.29, 0.717) is 12.4 Å². The van der Waals surface area contributed by atoms with E-state index in [9.17, 15) is 10.1 Å². The fourth-order valence-corrected chi connectivity index (χ4v) is 3.25. The number of rotatable bonds is 7. The van der Waals surface area contributed by atoms with Crippen molar-refractivity contribution in [3.63, 3.8) is 0 Å². The SMILES string of the molecule is O=[N+]([O-])c1cnc(NCCCSc2nccs2)c(Cl)c1. The zero-order valence-electron chi connectivity index (χ0n) is 10.3. The van der Waals surface area contributed by atoms with E-state index in [0.717, 1.165) is 16.5 Å². The van der Waals surface area contributed by atoms with Gasteiger partial charge in [0, 0.05) is 29.9 Å². The van der Waals surface area contributed by atoms with Gasteiger partial charge in [-0.1, -0.05) is 23.4 Å². The summed E-state index contributed by atoms with van der Waals surface area (Å²) in [6, 6.07) is 1.29. The topological polar surface area (TPSA) is 81.0 Å². The molecule has 20 heavy (non-hydrogen) atoms. The maximum Gasteiger partial charge on any atom is 0.289 e. The van der Waals surface area contributed by atoms with Gasteiger partial charge in [-0.2, -0.15) is 0 Å². The third-order valence-corrected chi connectivity index (χ3v) is 4.63. The fraction of sp³-hybridized carbons (Fsp3) is 0.273. The molecule has 0 atom stereocenters. The molecule has 0 aromatic carbocycles. The van der Waals surface area contributed by atoms with Gasteiger partial charge in [0.2, 0.25) is 0 Å². The number of hydrogen-bond donors (Lipinski definition) is 1. The van der Waals surface area contributed by atoms with Crippen LogP contribution in [0.3, 0.4) is 0 Å². The highest BCUT2D eigenvalue weighted by molar-refractivity contribution is 8.00. The average Bonchev–Trinajstić information content (AvgIpc) is 2.93. The highest BCUT2D eigenvalue weighted by Gasteiger charge is 2.10. The number of nitrogens with one attached hydrogen (secondary N) is 1. The second kappa shape index (κ2) is 7.41. The van der Waals surface area contributed by atoms with Crippen LogP contribution in [0.5, 0.6) is 0 Å². The Morgan fingerprint density at radius 3 is 3.00 bits per heavy atom. The van der Waals surface area contributed by atoms with Crippen LogP contribution in [0.25, 0.3) is 0 Å². The highest BCUT2D eigenvalue weighted by atomic mass is 35.5. The van der Waals surface area contributed by atoms with Gasteiger partial charge < -0.3 is 5.32 Å². The van der Waals surface area contributed by atoms with Crippen molar-refractivity contribution in [3.8, 4) is 0 Å². The minimum Gasteiger partial charge on any atom is -0.369 e. The molecule has 0 aliphatic rings. The summed E-state index contributed by atoms with van der Waals surface area (Å²) in [5.74, 6) is 1.40. The largest absolute Gasteiger partial charge is 0.369 e. The predicted molar refractivity (Wildman–Crippen MR) is 81.8 cm³/mol. The molecule has 0 aliphatic carbocycles. The Hall–Kier alpha value is -1.38. The number of anilines is 1. The van der Waals surface area contributed by atoms with E-state index in [1.54, 1.807) is 29.3 Å². The van der Waals surface area contributed by atoms with Gasteiger partial charge in [-0.25, -0.2) is 9.97 Å². The fourth-order valence-electron chi connectivity index (χ4n) is 1.38. The Balaban J connectivity index is 1.75. The summed E-state index contributed by atoms with van der Waals surface area (Å²) in [7, 11) is 0. The van der Waals surface area contributed by atoms with Gasteiger partial charge in [0.1, 0.15) is 16.4 Å². The van der Waals surface area contributed by atoms with E-state index in [2.05, 4.69) is 15.3 Å². The highest BCUT2D eigenvalue weighted by Crippen LogP contribution is 2.24. The van der Waals surface area contributed by atoms with Gasteiger partial charge in [-0.3, -0.25) is 10.1 Å². The first-order valence-electron chi connectivity index (χ1n) is 5.73. The van der Waals surface area contributed by atoms with Crippen LogP contribution in [-0.4, -0.2) is 27.2 Å². The molecular weight excluding hydrogens is 320 g/mol. The van der Waals surface area contributed by atoms with Crippen molar-refractivity contribution in [2.45, 2.75) is 10.8 Å². The number of nitro groups is 1. The number of thiazole rings is 1. The Morgan fingerprint density at radius 2 is 2.35 bits per heavy atom. The molecule has 0 amide bonds. The molecule has 2 aromatic heterocycles. The molecule has 1 N–H and O–H groups in total.